The molecule has 0 radical (unpaired) electrons. The lowest BCUT2D eigenvalue weighted by Gasteiger charge is -2.21. The molecule has 2 aromatic heterocycles. The van der Waals surface area contributed by atoms with Crippen LogP contribution in [0.15, 0.2) is 30.9 Å². The zero-order valence-corrected chi connectivity index (χ0v) is 15.1. The Morgan fingerprint density at radius 1 is 1.08 bits per heavy atom. The Labute approximate surface area is 154 Å². The molecule has 2 aromatic rings. The summed E-state index contributed by atoms with van der Waals surface area (Å²) >= 11 is 0. The number of rotatable bonds is 4. The minimum absolute atomic E-state index is 0.220. The summed E-state index contributed by atoms with van der Waals surface area (Å²) in [5.74, 6) is 1.31. The molecule has 26 heavy (non-hydrogen) atoms. The molecule has 1 fully saturated rings. The van der Waals surface area contributed by atoms with Crippen LogP contribution in [0.1, 0.15) is 36.1 Å². The standard InChI is InChI=1S/C20H25N5O/c26-19(6-5-16-4-3-9-21-14-16)24-12-7-17-18(8-13-24)22-15-23-20(17)25-10-1-2-11-25/h3-4,9,14-15H,1-2,5-8,10-13H2. The van der Waals surface area contributed by atoms with E-state index in [2.05, 4.69) is 19.9 Å². The van der Waals surface area contributed by atoms with Crippen LogP contribution in [0.4, 0.5) is 5.82 Å². The van der Waals surface area contributed by atoms with Crippen LogP contribution in [0.2, 0.25) is 0 Å². The maximum atomic E-state index is 12.7. The molecule has 0 unspecified atom stereocenters. The third kappa shape index (κ3) is 3.69. The summed E-state index contributed by atoms with van der Waals surface area (Å²) in [6.07, 6.45) is 10.7. The number of nitrogens with zero attached hydrogens (tertiary/aromatic N) is 5. The molecule has 6 nitrogen and oxygen atoms in total. The number of carbonyl (C=O) groups is 1. The van der Waals surface area contributed by atoms with Crippen LogP contribution in [0.5, 0.6) is 0 Å². The number of carbonyl (C=O) groups excluding carboxylic acids is 1. The van der Waals surface area contributed by atoms with Crippen molar-refractivity contribution >= 4 is 11.7 Å². The van der Waals surface area contributed by atoms with E-state index in [0.717, 1.165) is 62.5 Å². The Morgan fingerprint density at radius 3 is 2.73 bits per heavy atom. The molecular weight excluding hydrogens is 326 g/mol. The van der Waals surface area contributed by atoms with Crippen molar-refractivity contribution in [2.24, 2.45) is 0 Å². The quantitative estimate of drug-likeness (QED) is 0.843. The minimum atomic E-state index is 0.220. The number of pyridine rings is 1. The SMILES string of the molecule is O=C(CCc1cccnc1)N1CCc2ncnc(N3CCCC3)c2CC1. The van der Waals surface area contributed by atoms with Gasteiger partial charge < -0.3 is 9.80 Å². The number of amides is 1. The van der Waals surface area contributed by atoms with E-state index < -0.39 is 0 Å². The van der Waals surface area contributed by atoms with Gasteiger partial charge in [0.2, 0.25) is 5.91 Å². The van der Waals surface area contributed by atoms with Crippen molar-refractivity contribution in [3.8, 4) is 0 Å². The van der Waals surface area contributed by atoms with E-state index >= 15 is 0 Å². The molecular formula is C20H25N5O. The van der Waals surface area contributed by atoms with E-state index in [1.807, 2.05) is 23.2 Å². The lowest BCUT2D eigenvalue weighted by Crippen LogP contribution is -2.33. The second kappa shape index (κ2) is 7.81. The van der Waals surface area contributed by atoms with Crippen molar-refractivity contribution in [2.75, 3.05) is 31.1 Å². The Bertz CT molecular complexity index is 758. The average Bonchev–Trinajstić information content (AvgIpc) is 3.13. The molecule has 1 saturated heterocycles. The molecule has 136 valence electrons. The Kier molecular flexibility index (Phi) is 5.09. The predicted octanol–water partition coefficient (Wildman–Crippen LogP) is 2.03. The lowest BCUT2D eigenvalue weighted by atomic mass is 10.1. The van der Waals surface area contributed by atoms with Crippen LogP contribution in [-0.2, 0) is 24.1 Å². The number of hydrogen-bond donors (Lipinski definition) is 0. The summed E-state index contributed by atoms with van der Waals surface area (Å²) in [4.78, 5) is 30.2. The molecule has 0 spiro atoms. The summed E-state index contributed by atoms with van der Waals surface area (Å²) in [6.45, 7) is 3.66. The fourth-order valence-electron chi connectivity index (χ4n) is 3.92. The minimum Gasteiger partial charge on any atom is -0.356 e. The van der Waals surface area contributed by atoms with Crippen LogP contribution in [-0.4, -0.2) is 51.9 Å². The van der Waals surface area contributed by atoms with Crippen molar-refractivity contribution in [1.29, 1.82) is 0 Å². The van der Waals surface area contributed by atoms with Crippen molar-refractivity contribution < 1.29 is 4.79 Å². The van der Waals surface area contributed by atoms with Gasteiger partial charge in [0.15, 0.2) is 0 Å². The van der Waals surface area contributed by atoms with Gasteiger partial charge in [0.1, 0.15) is 12.1 Å². The number of aryl methyl sites for hydroxylation is 1. The molecule has 2 aliphatic heterocycles. The van der Waals surface area contributed by atoms with Crippen molar-refractivity contribution in [1.82, 2.24) is 19.9 Å². The van der Waals surface area contributed by atoms with Gasteiger partial charge in [0.25, 0.3) is 0 Å². The maximum absolute atomic E-state index is 12.7. The largest absolute Gasteiger partial charge is 0.356 e. The van der Waals surface area contributed by atoms with Crippen LogP contribution in [0.3, 0.4) is 0 Å². The van der Waals surface area contributed by atoms with E-state index in [1.165, 1.54) is 18.4 Å². The number of aromatic nitrogens is 3. The van der Waals surface area contributed by atoms with Gasteiger partial charge in [-0.1, -0.05) is 6.07 Å². The van der Waals surface area contributed by atoms with Crippen LogP contribution in [0, 0.1) is 0 Å². The van der Waals surface area contributed by atoms with Crippen molar-refractivity contribution in [3.63, 3.8) is 0 Å². The van der Waals surface area contributed by atoms with Crippen LogP contribution < -0.4 is 4.90 Å². The molecule has 0 atom stereocenters. The Balaban J connectivity index is 1.41. The molecule has 4 heterocycles. The highest BCUT2D eigenvalue weighted by atomic mass is 16.2. The molecule has 1 amide bonds. The first-order chi connectivity index (χ1) is 12.8. The monoisotopic (exact) mass is 351 g/mol. The number of anilines is 1. The first-order valence-electron chi connectivity index (χ1n) is 9.55. The van der Waals surface area contributed by atoms with E-state index in [-0.39, 0.29) is 5.91 Å². The third-order valence-electron chi connectivity index (χ3n) is 5.37. The van der Waals surface area contributed by atoms with E-state index in [0.29, 0.717) is 6.42 Å². The molecule has 0 aromatic carbocycles. The van der Waals surface area contributed by atoms with Gasteiger partial charge >= 0.3 is 0 Å². The topological polar surface area (TPSA) is 62.2 Å². The van der Waals surface area contributed by atoms with Gasteiger partial charge in [-0.05, 0) is 37.3 Å². The zero-order valence-electron chi connectivity index (χ0n) is 15.1. The van der Waals surface area contributed by atoms with Crippen LogP contribution >= 0.6 is 0 Å². The van der Waals surface area contributed by atoms with Gasteiger partial charge in [-0.25, -0.2) is 9.97 Å². The van der Waals surface area contributed by atoms with Crippen LogP contribution in [0.25, 0.3) is 0 Å². The summed E-state index contributed by atoms with van der Waals surface area (Å²) in [6, 6.07) is 3.94. The zero-order chi connectivity index (χ0) is 17.8. The molecule has 0 saturated carbocycles. The van der Waals surface area contributed by atoms with E-state index in [4.69, 9.17) is 0 Å². The highest BCUT2D eigenvalue weighted by Gasteiger charge is 2.24. The van der Waals surface area contributed by atoms with Gasteiger partial charge in [-0.15, -0.1) is 0 Å². The molecule has 0 N–H and O–H groups in total. The van der Waals surface area contributed by atoms with Gasteiger partial charge in [0.05, 0.1) is 5.69 Å². The Hall–Kier alpha value is -2.50. The number of hydrogen-bond acceptors (Lipinski definition) is 5. The van der Waals surface area contributed by atoms with Crippen molar-refractivity contribution in [2.45, 2.75) is 38.5 Å². The van der Waals surface area contributed by atoms with Crippen molar-refractivity contribution in [3.05, 3.63) is 47.7 Å². The summed E-state index contributed by atoms with van der Waals surface area (Å²) in [5.41, 5.74) is 3.47. The fourth-order valence-corrected chi connectivity index (χ4v) is 3.92. The molecule has 0 bridgehead atoms. The second-order valence-electron chi connectivity index (χ2n) is 7.06. The fraction of sp³-hybridized carbons (Fsp3) is 0.500. The predicted molar refractivity (Wildman–Crippen MR) is 100 cm³/mol. The van der Waals surface area contributed by atoms with E-state index in [9.17, 15) is 4.79 Å². The smallest absolute Gasteiger partial charge is 0.222 e. The second-order valence-corrected chi connectivity index (χ2v) is 7.06. The maximum Gasteiger partial charge on any atom is 0.222 e. The normalized spacial score (nSPS) is 17.1. The molecule has 2 aliphatic rings. The van der Waals surface area contributed by atoms with Gasteiger partial charge in [0, 0.05) is 57.0 Å². The van der Waals surface area contributed by atoms with Gasteiger partial charge in [-0.2, -0.15) is 0 Å². The first-order valence-corrected chi connectivity index (χ1v) is 9.55. The summed E-state index contributed by atoms with van der Waals surface area (Å²) in [5, 5.41) is 0. The molecule has 0 aliphatic carbocycles. The first kappa shape index (κ1) is 16.9. The third-order valence-corrected chi connectivity index (χ3v) is 5.37. The average molecular weight is 351 g/mol. The van der Waals surface area contributed by atoms with Gasteiger partial charge in [-0.3, -0.25) is 9.78 Å². The highest BCUT2D eigenvalue weighted by Crippen LogP contribution is 2.26. The number of fused-ring (bicyclic) bond motifs is 1. The summed E-state index contributed by atoms with van der Waals surface area (Å²) < 4.78 is 0. The Morgan fingerprint density at radius 2 is 1.92 bits per heavy atom. The highest BCUT2D eigenvalue weighted by molar-refractivity contribution is 5.76. The summed E-state index contributed by atoms with van der Waals surface area (Å²) in [7, 11) is 0. The lowest BCUT2D eigenvalue weighted by molar-refractivity contribution is -0.131. The van der Waals surface area contributed by atoms with E-state index in [1.54, 1.807) is 12.5 Å². The molecule has 6 heteroatoms. The molecule has 4 rings (SSSR count).